The van der Waals surface area contributed by atoms with Crippen LogP contribution in [0.2, 0.25) is 0 Å². The van der Waals surface area contributed by atoms with Crippen LogP contribution in [0.4, 0.5) is 0 Å². The molecule has 0 unspecified atom stereocenters. The van der Waals surface area contributed by atoms with Crippen molar-refractivity contribution < 1.29 is 17.9 Å². The van der Waals surface area contributed by atoms with E-state index in [0.29, 0.717) is 25.3 Å². The molecule has 9 heteroatoms. The molecule has 7 nitrogen and oxygen atoms in total. The Morgan fingerprint density at radius 3 is 2.82 bits per heavy atom. The fourth-order valence-electron chi connectivity index (χ4n) is 2.58. The summed E-state index contributed by atoms with van der Waals surface area (Å²) in [7, 11) is -2.23. The van der Waals surface area contributed by atoms with Crippen molar-refractivity contribution in [1.29, 1.82) is 0 Å². The molecule has 1 amide bonds. The van der Waals surface area contributed by atoms with Crippen LogP contribution in [0.1, 0.15) is 6.42 Å². The molecule has 2 aromatic heterocycles. The number of ether oxygens (including phenoxy) is 1. The fraction of sp³-hybridized carbons (Fsp3) is 0.263. The molecule has 28 heavy (non-hydrogen) atoms. The summed E-state index contributed by atoms with van der Waals surface area (Å²) in [6.45, 7) is 0.581. The molecule has 0 saturated heterocycles. The summed E-state index contributed by atoms with van der Waals surface area (Å²) >= 11 is 1.13. The van der Waals surface area contributed by atoms with Crippen molar-refractivity contribution in [3.05, 3.63) is 54.0 Å². The second kappa shape index (κ2) is 9.13. The Hall–Kier alpha value is -2.49. The van der Waals surface area contributed by atoms with Gasteiger partial charge in [0.05, 0.1) is 13.2 Å². The molecular formula is C19H21N3O4S2. The van der Waals surface area contributed by atoms with E-state index in [2.05, 4.69) is 10.3 Å². The van der Waals surface area contributed by atoms with E-state index in [9.17, 15) is 13.2 Å². The Labute approximate surface area is 168 Å². The molecule has 3 aromatic rings. The Balaban J connectivity index is 1.42. The van der Waals surface area contributed by atoms with Gasteiger partial charge in [-0.25, -0.2) is 8.42 Å². The highest BCUT2D eigenvalue weighted by Gasteiger charge is 2.23. The molecule has 0 radical (unpaired) electrons. The maximum atomic E-state index is 12.3. The van der Waals surface area contributed by atoms with Crippen molar-refractivity contribution in [2.24, 2.45) is 0 Å². The lowest BCUT2D eigenvalue weighted by molar-refractivity contribution is -0.121. The van der Waals surface area contributed by atoms with E-state index in [1.807, 2.05) is 30.3 Å². The molecule has 3 rings (SSSR count). The Morgan fingerprint density at radius 1 is 1.21 bits per heavy atom. The molecule has 0 aliphatic rings. The third kappa shape index (κ3) is 4.86. The normalized spacial score (nSPS) is 11.6. The van der Waals surface area contributed by atoms with Crippen molar-refractivity contribution in [3.63, 3.8) is 0 Å². The molecule has 0 aliphatic heterocycles. The standard InChI is InChI=1S/C19H21N3O4S2/c1-22(28(24,25)18-9-4-13-27-18)14-17(23)20-11-5-12-26-16-8-2-6-15-7-3-10-21-19(15)16/h2-4,6-10,13H,5,11-12,14H2,1H3,(H,20,23). The van der Waals surface area contributed by atoms with Crippen LogP contribution in [-0.2, 0) is 14.8 Å². The minimum Gasteiger partial charge on any atom is -0.491 e. The molecule has 1 N–H and O–H groups in total. The van der Waals surface area contributed by atoms with Gasteiger partial charge < -0.3 is 10.1 Å². The number of aromatic nitrogens is 1. The van der Waals surface area contributed by atoms with Crippen LogP contribution < -0.4 is 10.1 Å². The van der Waals surface area contributed by atoms with Crippen molar-refractivity contribution in [2.45, 2.75) is 10.6 Å². The molecular weight excluding hydrogens is 398 g/mol. The molecule has 148 valence electrons. The lowest BCUT2D eigenvalue weighted by atomic mass is 10.2. The summed E-state index contributed by atoms with van der Waals surface area (Å²) in [5.74, 6) is 0.348. The lowest BCUT2D eigenvalue weighted by Gasteiger charge is -2.15. The van der Waals surface area contributed by atoms with Gasteiger partial charge in [-0.1, -0.05) is 24.3 Å². The van der Waals surface area contributed by atoms with Gasteiger partial charge in [0.1, 0.15) is 15.5 Å². The number of thiophene rings is 1. The number of para-hydroxylation sites is 1. The first-order valence-corrected chi connectivity index (χ1v) is 11.0. The summed E-state index contributed by atoms with van der Waals surface area (Å²) in [4.78, 5) is 16.3. The Kier molecular flexibility index (Phi) is 6.61. The molecule has 0 aliphatic carbocycles. The summed E-state index contributed by atoms with van der Waals surface area (Å²) < 4.78 is 31.6. The topological polar surface area (TPSA) is 88.6 Å². The minimum atomic E-state index is -3.62. The second-order valence-corrected chi connectivity index (χ2v) is 9.30. The van der Waals surface area contributed by atoms with Crippen LogP contribution >= 0.6 is 11.3 Å². The Morgan fingerprint density at radius 2 is 2.04 bits per heavy atom. The largest absolute Gasteiger partial charge is 0.491 e. The lowest BCUT2D eigenvalue weighted by Crippen LogP contribution is -2.38. The van der Waals surface area contributed by atoms with Crippen LogP contribution in [0.5, 0.6) is 5.75 Å². The average molecular weight is 420 g/mol. The molecule has 0 atom stereocenters. The first kappa shape index (κ1) is 20.2. The molecule has 1 aromatic carbocycles. The predicted molar refractivity (Wildman–Crippen MR) is 109 cm³/mol. The van der Waals surface area contributed by atoms with Crippen LogP contribution in [0.15, 0.2) is 58.3 Å². The van der Waals surface area contributed by atoms with E-state index >= 15 is 0 Å². The number of fused-ring (bicyclic) bond motifs is 1. The van der Waals surface area contributed by atoms with Gasteiger partial charge in [0.2, 0.25) is 5.91 Å². The average Bonchev–Trinajstić information content (AvgIpc) is 3.23. The minimum absolute atomic E-state index is 0.222. The van der Waals surface area contributed by atoms with Gasteiger partial charge in [-0.15, -0.1) is 11.3 Å². The van der Waals surface area contributed by atoms with Gasteiger partial charge in [-0.3, -0.25) is 9.78 Å². The number of carbonyl (C=O) groups excluding carboxylic acids is 1. The third-order valence-electron chi connectivity index (χ3n) is 4.02. The van der Waals surface area contributed by atoms with E-state index < -0.39 is 10.0 Å². The highest BCUT2D eigenvalue weighted by atomic mass is 32.2. The number of amides is 1. The summed E-state index contributed by atoms with van der Waals surface area (Å²) in [5, 5.41) is 5.41. The molecule has 0 bridgehead atoms. The van der Waals surface area contributed by atoms with E-state index in [-0.39, 0.29) is 16.7 Å². The summed E-state index contributed by atoms with van der Waals surface area (Å²) in [5.41, 5.74) is 0.800. The smallest absolute Gasteiger partial charge is 0.252 e. The highest BCUT2D eigenvalue weighted by Crippen LogP contribution is 2.23. The quantitative estimate of drug-likeness (QED) is 0.539. The van der Waals surface area contributed by atoms with Gasteiger partial charge in [0.25, 0.3) is 10.0 Å². The molecule has 0 fully saturated rings. The highest BCUT2D eigenvalue weighted by molar-refractivity contribution is 7.91. The van der Waals surface area contributed by atoms with Crippen molar-refractivity contribution in [1.82, 2.24) is 14.6 Å². The van der Waals surface area contributed by atoms with E-state index in [4.69, 9.17) is 4.74 Å². The Bertz CT molecular complexity index is 1030. The van der Waals surface area contributed by atoms with E-state index in [0.717, 1.165) is 26.5 Å². The number of pyridine rings is 1. The second-order valence-electron chi connectivity index (χ2n) is 6.08. The number of hydrogen-bond acceptors (Lipinski definition) is 6. The number of carbonyl (C=O) groups is 1. The van der Waals surface area contributed by atoms with Gasteiger partial charge >= 0.3 is 0 Å². The zero-order valence-electron chi connectivity index (χ0n) is 15.4. The van der Waals surface area contributed by atoms with Gasteiger partial charge in [0.15, 0.2) is 0 Å². The van der Waals surface area contributed by atoms with Gasteiger partial charge in [0, 0.05) is 25.2 Å². The molecule has 0 spiro atoms. The predicted octanol–water partition coefficient (Wildman–Crippen LogP) is 2.50. The van der Waals surface area contributed by atoms with E-state index in [1.165, 1.54) is 13.1 Å². The van der Waals surface area contributed by atoms with Crippen LogP contribution in [0.25, 0.3) is 10.9 Å². The van der Waals surface area contributed by atoms with E-state index in [1.54, 1.807) is 17.6 Å². The summed E-state index contributed by atoms with van der Waals surface area (Å²) in [6.07, 6.45) is 2.31. The number of nitrogens with one attached hydrogen (secondary N) is 1. The molecule has 2 heterocycles. The van der Waals surface area contributed by atoms with Crippen LogP contribution in [0, 0.1) is 0 Å². The molecule has 0 saturated carbocycles. The van der Waals surface area contributed by atoms with Gasteiger partial charge in [-0.05, 0) is 30.0 Å². The SMILES string of the molecule is CN(CC(=O)NCCCOc1cccc2cccnc12)S(=O)(=O)c1cccs1. The maximum Gasteiger partial charge on any atom is 0.252 e. The van der Waals surface area contributed by atoms with Crippen molar-refractivity contribution in [2.75, 3.05) is 26.7 Å². The number of rotatable bonds is 9. The zero-order valence-corrected chi connectivity index (χ0v) is 17.0. The van der Waals surface area contributed by atoms with Crippen LogP contribution in [-0.4, -0.2) is 50.4 Å². The first-order chi connectivity index (χ1) is 13.5. The number of hydrogen-bond donors (Lipinski definition) is 1. The first-order valence-electron chi connectivity index (χ1n) is 8.71. The zero-order chi connectivity index (χ0) is 20.0. The van der Waals surface area contributed by atoms with Crippen LogP contribution in [0.3, 0.4) is 0 Å². The maximum absolute atomic E-state index is 12.3. The summed E-state index contributed by atoms with van der Waals surface area (Å²) in [6, 6.07) is 12.8. The van der Waals surface area contributed by atoms with Crippen molar-refractivity contribution in [3.8, 4) is 5.75 Å². The van der Waals surface area contributed by atoms with Crippen molar-refractivity contribution >= 4 is 38.2 Å². The van der Waals surface area contributed by atoms with Gasteiger partial charge in [-0.2, -0.15) is 4.31 Å². The third-order valence-corrected chi connectivity index (χ3v) is 7.20. The number of sulfonamides is 1. The number of benzene rings is 1. The monoisotopic (exact) mass is 419 g/mol. The fourth-order valence-corrected chi connectivity index (χ4v) is 4.91. The number of nitrogens with zero attached hydrogens (tertiary/aromatic N) is 2. The number of likely N-dealkylation sites (N-methyl/N-ethyl adjacent to an activating group) is 1.